The van der Waals surface area contributed by atoms with Gasteiger partial charge in [0, 0.05) is 12.2 Å². The van der Waals surface area contributed by atoms with Crippen molar-refractivity contribution in [1.29, 1.82) is 5.41 Å². The van der Waals surface area contributed by atoms with Crippen LogP contribution < -0.4 is 10.5 Å². The van der Waals surface area contributed by atoms with Crippen LogP contribution in [0.3, 0.4) is 0 Å². The van der Waals surface area contributed by atoms with Crippen LogP contribution in [0.4, 0.5) is 13.2 Å². The number of amidine groups is 1. The lowest BCUT2D eigenvalue weighted by atomic mass is 10.1. The fourth-order valence-electron chi connectivity index (χ4n) is 1.45. The van der Waals surface area contributed by atoms with Gasteiger partial charge >= 0.3 is 6.18 Å². The van der Waals surface area contributed by atoms with E-state index in [0.29, 0.717) is 13.2 Å². The van der Waals surface area contributed by atoms with Gasteiger partial charge in [0.05, 0.1) is 12.2 Å². The number of hydrogen-bond acceptors (Lipinski definition) is 3. The summed E-state index contributed by atoms with van der Waals surface area (Å²) in [5.41, 5.74) is 3.79. The Hall–Kier alpha value is -1.76. The highest BCUT2D eigenvalue weighted by Gasteiger charge is 2.34. The summed E-state index contributed by atoms with van der Waals surface area (Å²) in [5.74, 6) is -0.565. The molecule has 0 aliphatic carbocycles. The van der Waals surface area contributed by atoms with Gasteiger partial charge in [-0.05, 0) is 25.1 Å². The second-order valence-electron chi connectivity index (χ2n) is 3.66. The Morgan fingerprint density at radius 1 is 1.32 bits per heavy atom. The van der Waals surface area contributed by atoms with E-state index in [2.05, 4.69) is 0 Å². The number of benzene rings is 1. The van der Waals surface area contributed by atoms with Gasteiger partial charge in [0.2, 0.25) is 0 Å². The predicted octanol–water partition coefficient (Wildman–Crippen LogP) is 2.40. The van der Waals surface area contributed by atoms with Crippen molar-refractivity contribution in [2.75, 3.05) is 19.8 Å². The van der Waals surface area contributed by atoms with E-state index in [1.54, 1.807) is 0 Å². The molecule has 0 aliphatic heterocycles. The molecule has 0 heterocycles. The van der Waals surface area contributed by atoms with Crippen LogP contribution in [0.5, 0.6) is 5.75 Å². The van der Waals surface area contributed by atoms with Crippen LogP contribution in [-0.4, -0.2) is 25.7 Å². The predicted molar refractivity (Wildman–Crippen MR) is 64.4 cm³/mol. The minimum absolute atomic E-state index is 0.0667. The zero-order valence-electron chi connectivity index (χ0n) is 10.4. The SMILES string of the molecule is CCOCCOc1ccc(C(=N)N)c(C(F)(F)F)c1. The van der Waals surface area contributed by atoms with Crippen LogP contribution in [0.1, 0.15) is 18.1 Å². The fraction of sp³-hybridized carbons (Fsp3) is 0.417. The first-order valence-corrected chi connectivity index (χ1v) is 5.62. The Labute approximate surface area is 108 Å². The summed E-state index contributed by atoms with van der Waals surface area (Å²) in [4.78, 5) is 0. The Morgan fingerprint density at radius 2 is 2.00 bits per heavy atom. The maximum Gasteiger partial charge on any atom is 0.417 e. The molecule has 0 aromatic heterocycles. The molecular weight excluding hydrogens is 261 g/mol. The number of rotatable bonds is 6. The molecule has 0 unspecified atom stereocenters. The van der Waals surface area contributed by atoms with Gasteiger partial charge in [0.25, 0.3) is 0 Å². The molecule has 0 saturated heterocycles. The van der Waals surface area contributed by atoms with Gasteiger partial charge in [-0.1, -0.05) is 0 Å². The van der Waals surface area contributed by atoms with Crippen LogP contribution >= 0.6 is 0 Å². The van der Waals surface area contributed by atoms with Gasteiger partial charge in [-0.15, -0.1) is 0 Å². The van der Waals surface area contributed by atoms with Crippen molar-refractivity contribution < 1.29 is 22.6 Å². The highest BCUT2D eigenvalue weighted by Crippen LogP contribution is 2.34. The number of nitrogens with two attached hydrogens (primary N) is 1. The molecule has 3 N–H and O–H groups in total. The van der Waals surface area contributed by atoms with E-state index >= 15 is 0 Å². The fourth-order valence-corrected chi connectivity index (χ4v) is 1.45. The Bertz CT molecular complexity index is 447. The minimum atomic E-state index is -4.58. The third-order valence-electron chi connectivity index (χ3n) is 2.29. The largest absolute Gasteiger partial charge is 0.491 e. The third-order valence-corrected chi connectivity index (χ3v) is 2.29. The lowest BCUT2D eigenvalue weighted by Gasteiger charge is -2.14. The molecule has 0 bridgehead atoms. The number of alkyl halides is 3. The summed E-state index contributed by atoms with van der Waals surface area (Å²) in [7, 11) is 0. The second kappa shape index (κ2) is 6.42. The van der Waals surface area contributed by atoms with E-state index in [9.17, 15) is 13.2 Å². The number of hydrogen-bond donors (Lipinski definition) is 2. The summed E-state index contributed by atoms with van der Waals surface area (Å²) >= 11 is 0. The first-order chi connectivity index (χ1) is 8.86. The van der Waals surface area contributed by atoms with E-state index in [-0.39, 0.29) is 17.9 Å². The summed E-state index contributed by atoms with van der Waals surface area (Å²) in [6.07, 6.45) is -4.58. The van der Waals surface area contributed by atoms with Crippen LogP contribution in [0.25, 0.3) is 0 Å². The van der Waals surface area contributed by atoms with Gasteiger partial charge in [0.1, 0.15) is 18.2 Å². The third kappa shape index (κ3) is 4.44. The van der Waals surface area contributed by atoms with Gasteiger partial charge in [-0.3, -0.25) is 5.41 Å². The van der Waals surface area contributed by atoms with E-state index in [0.717, 1.165) is 12.1 Å². The molecule has 1 aromatic carbocycles. The van der Waals surface area contributed by atoms with Crippen LogP contribution in [0.2, 0.25) is 0 Å². The monoisotopic (exact) mass is 276 g/mol. The average molecular weight is 276 g/mol. The summed E-state index contributed by atoms with van der Waals surface area (Å²) in [6.45, 7) is 2.78. The zero-order valence-corrected chi connectivity index (χ0v) is 10.4. The number of halogens is 3. The van der Waals surface area contributed by atoms with E-state index in [4.69, 9.17) is 20.6 Å². The zero-order chi connectivity index (χ0) is 14.5. The molecule has 7 heteroatoms. The summed E-state index contributed by atoms with van der Waals surface area (Å²) < 4.78 is 48.6. The smallest absolute Gasteiger partial charge is 0.417 e. The van der Waals surface area contributed by atoms with Crippen molar-refractivity contribution >= 4 is 5.84 Å². The van der Waals surface area contributed by atoms with Crippen molar-refractivity contribution in [3.05, 3.63) is 29.3 Å². The van der Waals surface area contributed by atoms with Gasteiger partial charge in [-0.2, -0.15) is 13.2 Å². The maximum absolute atomic E-state index is 12.8. The Balaban J connectivity index is 2.90. The number of nitrogens with one attached hydrogen (secondary N) is 1. The number of nitrogen functional groups attached to an aromatic ring is 1. The Morgan fingerprint density at radius 3 is 2.53 bits per heavy atom. The van der Waals surface area contributed by atoms with Crippen molar-refractivity contribution in [1.82, 2.24) is 0 Å². The standard InChI is InChI=1S/C12H15F3N2O2/c1-2-18-5-6-19-8-3-4-9(11(16)17)10(7-8)12(13,14)15/h3-4,7H,2,5-6H2,1H3,(H3,16,17). The molecule has 0 aliphatic rings. The Kier molecular flexibility index (Phi) is 5.17. The summed E-state index contributed by atoms with van der Waals surface area (Å²) in [6, 6.07) is 3.31. The van der Waals surface area contributed by atoms with E-state index in [1.165, 1.54) is 6.07 Å². The van der Waals surface area contributed by atoms with Crippen LogP contribution in [0.15, 0.2) is 18.2 Å². The molecule has 1 rings (SSSR count). The lowest BCUT2D eigenvalue weighted by molar-refractivity contribution is -0.137. The molecule has 0 radical (unpaired) electrons. The molecule has 19 heavy (non-hydrogen) atoms. The highest BCUT2D eigenvalue weighted by atomic mass is 19.4. The van der Waals surface area contributed by atoms with Crippen molar-refractivity contribution in [3.8, 4) is 5.75 Å². The van der Waals surface area contributed by atoms with Crippen molar-refractivity contribution in [3.63, 3.8) is 0 Å². The maximum atomic E-state index is 12.8. The molecule has 0 atom stereocenters. The molecule has 106 valence electrons. The van der Waals surface area contributed by atoms with Crippen LogP contribution in [0, 0.1) is 5.41 Å². The topological polar surface area (TPSA) is 68.3 Å². The average Bonchev–Trinajstić information content (AvgIpc) is 2.33. The molecule has 0 saturated carbocycles. The summed E-state index contributed by atoms with van der Waals surface area (Å²) in [5, 5.41) is 7.14. The van der Waals surface area contributed by atoms with Crippen molar-refractivity contribution in [2.45, 2.75) is 13.1 Å². The van der Waals surface area contributed by atoms with Gasteiger partial charge in [-0.25, -0.2) is 0 Å². The molecule has 0 amide bonds. The molecule has 0 fully saturated rings. The first kappa shape index (κ1) is 15.3. The first-order valence-electron chi connectivity index (χ1n) is 5.62. The highest BCUT2D eigenvalue weighted by molar-refractivity contribution is 5.96. The van der Waals surface area contributed by atoms with Crippen LogP contribution in [-0.2, 0) is 10.9 Å². The molecule has 0 spiro atoms. The molecule has 1 aromatic rings. The molecular formula is C12H15F3N2O2. The lowest BCUT2D eigenvalue weighted by Crippen LogP contribution is -2.19. The second-order valence-corrected chi connectivity index (χ2v) is 3.66. The van der Waals surface area contributed by atoms with Gasteiger partial charge < -0.3 is 15.2 Å². The van der Waals surface area contributed by atoms with Crippen molar-refractivity contribution in [2.24, 2.45) is 5.73 Å². The number of ether oxygens (including phenoxy) is 2. The van der Waals surface area contributed by atoms with Gasteiger partial charge in [0.15, 0.2) is 0 Å². The van der Waals surface area contributed by atoms with E-state index in [1.807, 2.05) is 6.92 Å². The molecule has 4 nitrogen and oxygen atoms in total. The normalized spacial score (nSPS) is 11.4. The minimum Gasteiger partial charge on any atom is -0.491 e. The quantitative estimate of drug-likeness (QED) is 0.476. The van der Waals surface area contributed by atoms with E-state index < -0.39 is 17.6 Å².